The van der Waals surface area contributed by atoms with Gasteiger partial charge in [0.25, 0.3) is 5.56 Å². The van der Waals surface area contributed by atoms with Gasteiger partial charge in [0.2, 0.25) is 0 Å². The average Bonchev–Trinajstić information content (AvgIpc) is 3.17. The van der Waals surface area contributed by atoms with Crippen LogP contribution >= 0.6 is 38.9 Å². The van der Waals surface area contributed by atoms with Crippen LogP contribution in [0.15, 0.2) is 61.9 Å². The first-order valence-corrected chi connectivity index (χ1v) is 13.2. The van der Waals surface area contributed by atoms with Crippen molar-refractivity contribution < 1.29 is 19.0 Å². The van der Waals surface area contributed by atoms with Gasteiger partial charge in [0.05, 0.1) is 29.5 Å². The molecular weight excluding hydrogens is 580 g/mol. The summed E-state index contributed by atoms with van der Waals surface area (Å²) in [7, 11) is 1.52. The minimum atomic E-state index is -0.805. The van der Waals surface area contributed by atoms with Gasteiger partial charge in [-0.25, -0.2) is 9.79 Å². The first-order chi connectivity index (χ1) is 17.8. The molecule has 0 spiro atoms. The van der Waals surface area contributed by atoms with Crippen molar-refractivity contribution in [3.8, 4) is 23.8 Å². The number of nitrogens with zero attached hydrogens (tertiary/aromatic N) is 2. The van der Waals surface area contributed by atoms with E-state index in [1.807, 2.05) is 0 Å². The molecule has 1 atom stereocenters. The summed E-state index contributed by atoms with van der Waals surface area (Å²) < 4.78 is 19.1. The molecule has 37 heavy (non-hydrogen) atoms. The van der Waals surface area contributed by atoms with Crippen LogP contribution in [0.5, 0.6) is 11.5 Å². The molecule has 0 radical (unpaired) electrons. The minimum absolute atomic E-state index is 0.0225. The number of rotatable bonds is 7. The monoisotopic (exact) mass is 600 g/mol. The average molecular weight is 602 g/mol. The van der Waals surface area contributed by atoms with E-state index in [9.17, 15) is 9.59 Å². The molecule has 0 saturated carbocycles. The van der Waals surface area contributed by atoms with E-state index in [1.54, 1.807) is 56.3 Å². The van der Waals surface area contributed by atoms with E-state index in [4.69, 9.17) is 32.2 Å². The highest BCUT2D eigenvalue weighted by Crippen LogP contribution is 2.36. The van der Waals surface area contributed by atoms with Crippen LogP contribution in [0, 0.1) is 12.3 Å². The summed E-state index contributed by atoms with van der Waals surface area (Å²) in [4.78, 5) is 31.9. The highest BCUT2D eigenvalue weighted by atomic mass is 79.9. The van der Waals surface area contributed by atoms with Crippen LogP contribution in [0.1, 0.15) is 31.0 Å². The Morgan fingerprint density at radius 3 is 2.78 bits per heavy atom. The topological polar surface area (TPSA) is 79.1 Å². The zero-order chi connectivity index (χ0) is 26.7. The van der Waals surface area contributed by atoms with E-state index >= 15 is 0 Å². The number of benzene rings is 2. The van der Waals surface area contributed by atoms with Gasteiger partial charge in [0.1, 0.15) is 12.6 Å². The van der Waals surface area contributed by atoms with Gasteiger partial charge < -0.3 is 14.2 Å². The fourth-order valence-electron chi connectivity index (χ4n) is 4.04. The van der Waals surface area contributed by atoms with Gasteiger partial charge in [-0.1, -0.05) is 63.0 Å². The molecule has 0 saturated heterocycles. The maximum Gasteiger partial charge on any atom is 0.338 e. The van der Waals surface area contributed by atoms with Crippen molar-refractivity contribution in [2.24, 2.45) is 4.99 Å². The summed E-state index contributed by atoms with van der Waals surface area (Å²) in [5.41, 5.74) is 1.55. The molecule has 1 aromatic heterocycles. The van der Waals surface area contributed by atoms with Crippen LogP contribution in [0.4, 0.5) is 0 Å². The van der Waals surface area contributed by atoms with Gasteiger partial charge >= 0.3 is 5.97 Å². The number of hydrogen-bond donors (Lipinski definition) is 0. The van der Waals surface area contributed by atoms with Gasteiger partial charge in [0, 0.05) is 15.1 Å². The third kappa shape index (κ3) is 5.23. The highest BCUT2D eigenvalue weighted by Gasteiger charge is 2.34. The molecule has 10 heteroatoms. The number of halogens is 2. The number of ether oxygens (including phenoxy) is 3. The first kappa shape index (κ1) is 26.7. The van der Waals surface area contributed by atoms with Crippen molar-refractivity contribution in [2.75, 3.05) is 20.3 Å². The molecule has 7 nitrogen and oxygen atoms in total. The van der Waals surface area contributed by atoms with Crippen LogP contribution in [0.2, 0.25) is 5.02 Å². The zero-order valence-electron chi connectivity index (χ0n) is 20.2. The second-order valence-electron chi connectivity index (χ2n) is 7.84. The van der Waals surface area contributed by atoms with Gasteiger partial charge in [-0.05, 0) is 43.7 Å². The molecule has 0 unspecified atom stereocenters. The van der Waals surface area contributed by atoms with Crippen LogP contribution in [-0.4, -0.2) is 30.9 Å². The normalized spacial score (nSPS) is 15.0. The Labute approximate surface area is 230 Å². The third-order valence-electron chi connectivity index (χ3n) is 5.57. The van der Waals surface area contributed by atoms with Crippen molar-refractivity contribution in [2.45, 2.75) is 19.9 Å². The number of carbonyl (C=O) groups excluding carboxylic acids is 1. The number of fused-ring (bicyclic) bond motifs is 1. The zero-order valence-corrected chi connectivity index (χ0v) is 23.4. The third-order valence-corrected chi connectivity index (χ3v) is 7.36. The number of aromatic nitrogens is 1. The molecule has 0 N–H and O–H groups in total. The van der Waals surface area contributed by atoms with Crippen LogP contribution in [-0.2, 0) is 9.53 Å². The Bertz CT molecular complexity index is 1630. The largest absolute Gasteiger partial charge is 0.493 e. The minimum Gasteiger partial charge on any atom is -0.493 e. The number of esters is 1. The highest BCUT2D eigenvalue weighted by molar-refractivity contribution is 9.10. The number of terminal acetylenes is 1. The maximum absolute atomic E-state index is 13.9. The predicted molar refractivity (Wildman–Crippen MR) is 147 cm³/mol. The quantitative estimate of drug-likeness (QED) is 0.299. The lowest BCUT2D eigenvalue weighted by molar-refractivity contribution is -0.139. The van der Waals surface area contributed by atoms with E-state index in [-0.39, 0.29) is 24.3 Å². The Hall–Kier alpha value is -3.32. The van der Waals surface area contributed by atoms with Gasteiger partial charge in [-0.15, -0.1) is 6.42 Å². The lowest BCUT2D eigenvalue weighted by Gasteiger charge is -2.25. The van der Waals surface area contributed by atoms with E-state index in [0.717, 1.165) is 4.47 Å². The molecule has 0 bridgehead atoms. The maximum atomic E-state index is 13.9. The van der Waals surface area contributed by atoms with E-state index in [0.29, 0.717) is 42.7 Å². The van der Waals surface area contributed by atoms with Crippen molar-refractivity contribution in [1.82, 2.24) is 4.57 Å². The molecule has 0 aliphatic carbocycles. The lowest BCUT2D eigenvalue weighted by atomic mass is 9.96. The SMILES string of the molecule is C#CCOc1c(/C=c2\sc3n(c2=O)[C@H](c2ccccc2Cl)C(C(=O)OCC)=C(C)N=3)cc(Br)cc1OC. The summed E-state index contributed by atoms with van der Waals surface area (Å²) in [5.74, 6) is 2.75. The smallest absolute Gasteiger partial charge is 0.338 e. The number of carbonyl (C=O) groups is 1. The Balaban J connectivity index is 1.99. The van der Waals surface area contributed by atoms with E-state index in [2.05, 4.69) is 26.8 Å². The number of hydrogen-bond acceptors (Lipinski definition) is 7. The van der Waals surface area contributed by atoms with Crippen LogP contribution < -0.4 is 24.4 Å². The van der Waals surface area contributed by atoms with Gasteiger partial charge in [0.15, 0.2) is 16.3 Å². The summed E-state index contributed by atoms with van der Waals surface area (Å²) in [6.07, 6.45) is 7.08. The Kier molecular flexibility index (Phi) is 8.22. The molecule has 0 fully saturated rings. The number of allylic oxidation sites excluding steroid dienone is 1. The number of thiazole rings is 1. The molecular formula is C27H22BrClN2O5S. The van der Waals surface area contributed by atoms with Crippen LogP contribution in [0.25, 0.3) is 6.08 Å². The van der Waals surface area contributed by atoms with Gasteiger partial charge in [-0.3, -0.25) is 9.36 Å². The Morgan fingerprint density at radius 1 is 1.35 bits per heavy atom. The fourth-order valence-corrected chi connectivity index (χ4v) is 5.77. The number of methoxy groups -OCH3 is 1. The van der Waals surface area contributed by atoms with Gasteiger partial charge in [-0.2, -0.15) is 0 Å². The van der Waals surface area contributed by atoms with Crippen molar-refractivity contribution in [1.29, 1.82) is 0 Å². The Morgan fingerprint density at radius 2 is 2.11 bits per heavy atom. The molecule has 190 valence electrons. The predicted octanol–water partition coefficient (Wildman–Crippen LogP) is 4.23. The summed E-state index contributed by atoms with van der Waals surface area (Å²) >= 11 is 11.2. The molecule has 0 amide bonds. The summed E-state index contributed by atoms with van der Waals surface area (Å²) in [5, 5.41) is 0.417. The standard InChI is InChI=1S/C27H22BrClN2O5S/c1-5-11-36-24-16(12-17(28)14-20(24)34-4)13-21-25(32)31-23(18-9-7-8-10-19(18)29)22(26(33)35-6-2)15(3)30-27(31)37-21/h1,7-10,12-14,23H,6,11H2,2-4H3/b21-13-/t23-/m1/s1. The second kappa shape index (κ2) is 11.4. The van der Waals surface area contributed by atoms with Crippen molar-refractivity contribution >= 4 is 50.9 Å². The molecule has 1 aliphatic rings. The first-order valence-electron chi connectivity index (χ1n) is 11.2. The van der Waals surface area contributed by atoms with Crippen molar-refractivity contribution in [3.05, 3.63) is 88.0 Å². The van der Waals surface area contributed by atoms with Crippen LogP contribution in [0.3, 0.4) is 0 Å². The van der Waals surface area contributed by atoms with E-state index < -0.39 is 12.0 Å². The summed E-state index contributed by atoms with van der Waals surface area (Å²) in [6.45, 7) is 3.65. The van der Waals surface area contributed by atoms with E-state index in [1.165, 1.54) is 23.0 Å². The summed E-state index contributed by atoms with van der Waals surface area (Å²) in [6, 6.07) is 9.83. The molecule has 1 aliphatic heterocycles. The molecule has 2 aromatic carbocycles. The molecule has 2 heterocycles. The molecule has 4 rings (SSSR count). The fraction of sp³-hybridized carbons (Fsp3) is 0.222. The molecule has 3 aromatic rings. The lowest BCUT2D eigenvalue weighted by Crippen LogP contribution is -2.40. The second-order valence-corrected chi connectivity index (χ2v) is 10.2. The van der Waals surface area contributed by atoms with Crippen molar-refractivity contribution in [3.63, 3.8) is 0 Å².